The Kier molecular flexibility index (Phi) is 5.42. The van der Waals surface area contributed by atoms with Crippen LogP contribution in [0.3, 0.4) is 0 Å². The summed E-state index contributed by atoms with van der Waals surface area (Å²) < 4.78 is 1.16. The van der Waals surface area contributed by atoms with Crippen molar-refractivity contribution in [3.8, 4) is 6.07 Å². The van der Waals surface area contributed by atoms with E-state index in [1.54, 1.807) is 0 Å². The van der Waals surface area contributed by atoms with Crippen molar-refractivity contribution in [2.45, 2.75) is 45.1 Å². The molecule has 3 heteroatoms. The van der Waals surface area contributed by atoms with Gasteiger partial charge in [-0.05, 0) is 68.8 Å². The van der Waals surface area contributed by atoms with E-state index in [4.69, 9.17) is 5.26 Å². The number of halogens is 1. The third-order valence-electron chi connectivity index (χ3n) is 4.05. The highest BCUT2D eigenvalue weighted by Crippen LogP contribution is 2.23. The van der Waals surface area contributed by atoms with Gasteiger partial charge in [0, 0.05) is 16.4 Å². The van der Waals surface area contributed by atoms with Crippen molar-refractivity contribution in [3.63, 3.8) is 0 Å². The summed E-state index contributed by atoms with van der Waals surface area (Å²) in [6.07, 6.45) is 5.49. The standard InChI is InChI=1S/C16H21BrN2/c1-12-2-5-15(17)10-14(12)8-9-19-16-6-3-13(11-18)4-7-16/h2,5,10,13,16,19H,3-4,6-9H2,1H3. The van der Waals surface area contributed by atoms with Crippen LogP contribution in [0, 0.1) is 24.2 Å². The second kappa shape index (κ2) is 7.07. The second-order valence-corrected chi connectivity index (χ2v) is 6.37. The highest BCUT2D eigenvalue weighted by atomic mass is 79.9. The molecule has 19 heavy (non-hydrogen) atoms. The first-order valence-electron chi connectivity index (χ1n) is 7.07. The van der Waals surface area contributed by atoms with E-state index in [0.29, 0.717) is 12.0 Å². The Hall–Kier alpha value is -0.850. The number of hydrogen-bond acceptors (Lipinski definition) is 2. The fraction of sp³-hybridized carbons (Fsp3) is 0.562. The Bertz CT molecular complexity index is 456. The number of rotatable bonds is 4. The maximum atomic E-state index is 8.88. The highest BCUT2D eigenvalue weighted by molar-refractivity contribution is 9.10. The summed E-state index contributed by atoms with van der Waals surface area (Å²) in [5.74, 6) is 0.297. The van der Waals surface area contributed by atoms with Crippen LogP contribution in [0.25, 0.3) is 0 Å². The number of aryl methyl sites for hydroxylation is 1. The highest BCUT2D eigenvalue weighted by Gasteiger charge is 2.19. The zero-order valence-corrected chi connectivity index (χ0v) is 13.0. The van der Waals surface area contributed by atoms with Crippen LogP contribution >= 0.6 is 15.9 Å². The van der Waals surface area contributed by atoms with Crippen molar-refractivity contribution in [3.05, 3.63) is 33.8 Å². The molecule has 1 aliphatic carbocycles. The van der Waals surface area contributed by atoms with Gasteiger partial charge in [0.05, 0.1) is 6.07 Å². The van der Waals surface area contributed by atoms with Crippen LogP contribution < -0.4 is 5.32 Å². The lowest BCUT2D eigenvalue weighted by molar-refractivity contribution is 0.334. The van der Waals surface area contributed by atoms with Crippen LogP contribution in [-0.2, 0) is 6.42 Å². The molecule has 0 atom stereocenters. The SMILES string of the molecule is Cc1ccc(Br)cc1CCNC1CCC(C#N)CC1. The number of nitrogens with one attached hydrogen (secondary N) is 1. The first-order chi connectivity index (χ1) is 9.19. The molecule has 2 nitrogen and oxygen atoms in total. The maximum Gasteiger partial charge on any atom is 0.0655 e. The first kappa shape index (κ1) is 14.6. The van der Waals surface area contributed by atoms with Gasteiger partial charge in [-0.25, -0.2) is 0 Å². The van der Waals surface area contributed by atoms with Gasteiger partial charge in [0.2, 0.25) is 0 Å². The molecule has 0 aromatic heterocycles. The molecule has 0 bridgehead atoms. The second-order valence-electron chi connectivity index (χ2n) is 5.45. The molecule has 0 aliphatic heterocycles. The van der Waals surface area contributed by atoms with Gasteiger partial charge in [0.25, 0.3) is 0 Å². The molecule has 1 aromatic rings. The van der Waals surface area contributed by atoms with E-state index in [1.807, 2.05) is 0 Å². The molecule has 2 rings (SSSR count). The summed E-state index contributed by atoms with van der Waals surface area (Å²) in [5, 5.41) is 12.5. The van der Waals surface area contributed by atoms with Gasteiger partial charge in [-0.3, -0.25) is 0 Å². The van der Waals surface area contributed by atoms with E-state index in [2.05, 4.69) is 52.4 Å². The number of hydrogen-bond donors (Lipinski definition) is 1. The Morgan fingerprint density at radius 3 is 2.74 bits per heavy atom. The minimum absolute atomic E-state index is 0.297. The molecular formula is C16H21BrN2. The van der Waals surface area contributed by atoms with E-state index in [1.165, 1.54) is 11.1 Å². The minimum Gasteiger partial charge on any atom is -0.314 e. The minimum atomic E-state index is 0.297. The summed E-state index contributed by atoms with van der Waals surface area (Å²) in [4.78, 5) is 0. The molecule has 1 saturated carbocycles. The molecule has 1 fully saturated rings. The summed E-state index contributed by atoms with van der Waals surface area (Å²) in [5.41, 5.74) is 2.77. The van der Waals surface area contributed by atoms with Crippen LogP contribution in [0.2, 0.25) is 0 Å². The molecule has 1 aliphatic rings. The third kappa shape index (κ3) is 4.33. The molecule has 0 heterocycles. The van der Waals surface area contributed by atoms with Gasteiger partial charge in [-0.2, -0.15) is 5.26 Å². The van der Waals surface area contributed by atoms with Crippen LogP contribution in [0.4, 0.5) is 0 Å². The van der Waals surface area contributed by atoms with Crippen LogP contribution in [0.15, 0.2) is 22.7 Å². The summed E-state index contributed by atoms with van der Waals surface area (Å²) in [6, 6.07) is 9.46. The fourth-order valence-corrected chi connectivity index (χ4v) is 3.16. The molecule has 0 saturated heterocycles. The third-order valence-corrected chi connectivity index (χ3v) is 4.54. The number of nitriles is 1. The molecule has 0 unspecified atom stereocenters. The van der Waals surface area contributed by atoms with Crippen molar-refractivity contribution >= 4 is 15.9 Å². The average Bonchev–Trinajstić information content (AvgIpc) is 2.43. The van der Waals surface area contributed by atoms with Gasteiger partial charge in [-0.1, -0.05) is 22.0 Å². The summed E-state index contributed by atoms with van der Waals surface area (Å²) >= 11 is 3.53. The van der Waals surface area contributed by atoms with Crippen molar-refractivity contribution < 1.29 is 0 Å². The molecule has 102 valence electrons. The topological polar surface area (TPSA) is 35.8 Å². The largest absolute Gasteiger partial charge is 0.314 e. The Morgan fingerprint density at radius 1 is 1.32 bits per heavy atom. The van der Waals surface area contributed by atoms with Crippen molar-refractivity contribution in [2.75, 3.05) is 6.54 Å². The number of nitrogens with zero attached hydrogens (tertiary/aromatic N) is 1. The lowest BCUT2D eigenvalue weighted by Gasteiger charge is -2.25. The predicted molar refractivity (Wildman–Crippen MR) is 81.9 cm³/mol. The monoisotopic (exact) mass is 320 g/mol. The van der Waals surface area contributed by atoms with Crippen molar-refractivity contribution in [2.24, 2.45) is 5.92 Å². The molecule has 1 N–H and O–H groups in total. The van der Waals surface area contributed by atoms with Gasteiger partial charge >= 0.3 is 0 Å². The van der Waals surface area contributed by atoms with E-state index < -0.39 is 0 Å². The average molecular weight is 321 g/mol. The van der Waals surface area contributed by atoms with E-state index >= 15 is 0 Å². The first-order valence-corrected chi connectivity index (χ1v) is 7.86. The van der Waals surface area contributed by atoms with Crippen LogP contribution in [0.1, 0.15) is 36.8 Å². The van der Waals surface area contributed by atoms with Crippen LogP contribution in [-0.4, -0.2) is 12.6 Å². The summed E-state index contributed by atoms with van der Waals surface area (Å²) in [6.45, 7) is 3.19. The van der Waals surface area contributed by atoms with Crippen molar-refractivity contribution in [1.29, 1.82) is 5.26 Å². The van der Waals surface area contributed by atoms with Crippen LogP contribution in [0.5, 0.6) is 0 Å². The van der Waals surface area contributed by atoms with Gasteiger partial charge in [0.1, 0.15) is 0 Å². The fourth-order valence-electron chi connectivity index (χ4n) is 2.75. The van der Waals surface area contributed by atoms with E-state index in [9.17, 15) is 0 Å². The Balaban J connectivity index is 1.75. The smallest absolute Gasteiger partial charge is 0.0655 e. The molecule has 1 aromatic carbocycles. The number of benzene rings is 1. The lowest BCUT2D eigenvalue weighted by Crippen LogP contribution is -2.34. The Morgan fingerprint density at radius 2 is 2.05 bits per heavy atom. The van der Waals surface area contributed by atoms with Gasteiger partial charge in [-0.15, -0.1) is 0 Å². The zero-order valence-electron chi connectivity index (χ0n) is 11.5. The molecule has 0 amide bonds. The normalized spacial score (nSPS) is 23.0. The zero-order chi connectivity index (χ0) is 13.7. The quantitative estimate of drug-likeness (QED) is 0.911. The van der Waals surface area contributed by atoms with E-state index in [-0.39, 0.29) is 0 Å². The molecule has 0 spiro atoms. The van der Waals surface area contributed by atoms with Gasteiger partial charge in [0.15, 0.2) is 0 Å². The van der Waals surface area contributed by atoms with Crippen molar-refractivity contribution in [1.82, 2.24) is 5.32 Å². The maximum absolute atomic E-state index is 8.88. The summed E-state index contributed by atoms with van der Waals surface area (Å²) in [7, 11) is 0. The van der Waals surface area contributed by atoms with E-state index in [0.717, 1.165) is 43.1 Å². The molecule has 0 radical (unpaired) electrons. The van der Waals surface area contributed by atoms with Gasteiger partial charge < -0.3 is 5.32 Å². The predicted octanol–water partition coefficient (Wildman–Crippen LogP) is 3.97. The Labute approximate surface area is 124 Å². The lowest BCUT2D eigenvalue weighted by atomic mass is 9.87. The molecular weight excluding hydrogens is 300 g/mol.